The number of hydrogen-bond acceptors (Lipinski definition) is 8. The first-order valence-electron chi connectivity index (χ1n) is 9.80. The van der Waals surface area contributed by atoms with Crippen molar-refractivity contribution < 1.29 is 23.6 Å². The Hall–Kier alpha value is -3.14. The zero-order chi connectivity index (χ0) is 24.6. The van der Waals surface area contributed by atoms with Crippen molar-refractivity contribution in [3.63, 3.8) is 0 Å². The molecule has 0 aromatic carbocycles. The number of esters is 1. The molecule has 1 atom stereocenters. The molecule has 2 rings (SSSR count). The molecule has 2 aromatic rings. The van der Waals surface area contributed by atoms with Gasteiger partial charge in [0.1, 0.15) is 5.82 Å². The Morgan fingerprint density at radius 3 is 2.44 bits per heavy atom. The molecule has 9 nitrogen and oxygen atoms in total. The molecule has 2 aromatic heterocycles. The Balaban J connectivity index is 0.000000751. The van der Waals surface area contributed by atoms with Gasteiger partial charge in [0.05, 0.1) is 23.6 Å². The highest BCUT2D eigenvalue weighted by Crippen LogP contribution is 2.31. The van der Waals surface area contributed by atoms with Crippen molar-refractivity contribution in [1.29, 1.82) is 0 Å². The molecule has 0 saturated heterocycles. The third-order valence-corrected chi connectivity index (χ3v) is 4.49. The second-order valence-corrected chi connectivity index (χ2v) is 7.43. The summed E-state index contributed by atoms with van der Waals surface area (Å²) in [7, 11) is 0. The van der Waals surface area contributed by atoms with Crippen LogP contribution in [0.15, 0.2) is 18.3 Å². The topological polar surface area (TPSA) is 124 Å². The third-order valence-electron chi connectivity index (χ3n) is 4.22. The fourth-order valence-corrected chi connectivity index (χ4v) is 2.71. The van der Waals surface area contributed by atoms with Crippen molar-refractivity contribution in [3.05, 3.63) is 56.2 Å². The lowest BCUT2D eigenvalue weighted by atomic mass is 10.0. The maximum absolute atomic E-state index is 13.9. The van der Waals surface area contributed by atoms with E-state index in [0.717, 1.165) is 18.6 Å². The SMILES string of the molecule is CCOC(C)=O.Cc1ccnc(C(C)C)c1Nc1nc(Cl)c(F)cc1C(=O)C(C)[N+](=O)[O-]. The van der Waals surface area contributed by atoms with E-state index < -0.39 is 27.7 Å². The van der Waals surface area contributed by atoms with Crippen LogP contribution in [0.1, 0.15) is 62.2 Å². The predicted octanol–water partition coefficient (Wildman–Crippen LogP) is 4.86. The summed E-state index contributed by atoms with van der Waals surface area (Å²) in [4.78, 5) is 40.6. The highest BCUT2D eigenvalue weighted by Gasteiger charge is 2.29. The molecule has 0 radical (unpaired) electrons. The zero-order valence-corrected chi connectivity index (χ0v) is 19.5. The Bertz CT molecular complexity index is 1000. The average molecular weight is 469 g/mol. The molecule has 0 saturated carbocycles. The van der Waals surface area contributed by atoms with Crippen LogP contribution in [0.3, 0.4) is 0 Å². The van der Waals surface area contributed by atoms with E-state index in [4.69, 9.17) is 11.6 Å². The van der Waals surface area contributed by atoms with Gasteiger partial charge in [-0.3, -0.25) is 24.7 Å². The Labute approximate surface area is 190 Å². The summed E-state index contributed by atoms with van der Waals surface area (Å²) < 4.78 is 18.3. The summed E-state index contributed by atoms with van der Waals surface area (Å²) in [6.07, 6.45) is 1.65. The van der Waals surface area contributed by atoms with Crippen LogP contribution in [0.2, 0.25) is 5.15 Å². The van der Waals surface area contributed by atoms with Crippen molar-refractivity contribution in [2.24, 2.45) is 0 Å². The Kier molecular flexibility index (Phi) is 10.1. The number of aromatic nitrogens is 2. The first kappa shape index (κ1) is 26.9. The van der Waals surface area contributed by atoms with Crippen molar-refractivity contribution in [1.82, 2.24) is 9.97 Å². The standard InChI is InChI=1S/C17H18ClFN4O3.C4H8O2/c1-8(2)13-14(9(3)5-6-20-13)21-17-11(7-12(19)16(18)22-17)15(24)10(4)23(25)26;1-3-6-4(2)5/h5-8,10H,1-4H3,(H,21,22);3H2,1-2H3. The molecule has 0 fully saturated rings. The number of Topliss-reactive ketones (excluding diaryl/α,β-unsaturated/α-hetero) is 1. The van der Waals surface area contributed by atoms with Crippen LogP contribution in [0.25, 0.3) is 0 Å². The van der Waals surface area contributed by atoms with E-state index in [-0.39, 0.29) is 23.3 Å². The van der Waals surface area contributed by atoms with Gasteiger partial charge in [-0.05, 0) is 37.5 Å². The van der Waals surface area contributed by atoms with E-state index >= 15 is 0 Å². The molecule has 174 valence electrons. The predicted molar refractivity (Wildman–Crippen MR) is 119 cm³/mol. The fraction of sp³-hybridized carbons (Fsp3) is 0.429. The molecular formula is C21H26ClFN4O5. The zero-order valence-electron chi connectivity index (χ0n) is 18.7. The first-order valence-corrected chi connectivity index (χ1v) is 10.2. The molecule has 32 heavy (non-hydrogen) atoms. The van der Waals surface area contributed by atoms with Gasteiger partial charge in [0.2, 0.25) is 5.78 Å². The van der Waals surface area contributed by atoms with Gasteiger partial charge in [0, 0.05) is 25.0 Å². The summed E-state index contributed by atoms with van der Waals surface area (Å²) in [5, 5.41) is 13.5. The average Bonchev–Trinajstić information content (AvgIpc) is 2.70. The fourth-order valence-electron chi connectivity index (χ4n) is 2.57. The molecule has 0 aliphatic carbocycles. The highest BCUT2D eigenvalue weighted by atomic mass is 35.5. The highest BCUT2D eigenvalue weighted by molar-refractivity contribution is 6.29. The number of ether oxygens (including phenoxy) is 1. The van der Waals surface area contributed by atoms with Crippen LogP contribution < -0.4 is 5.32 Å². The number of nitrogens with zero attached hydrogens (tertiary/aromatic N) is 3. The van der Waals surface area contributed by atoms with Crippen LogP contribution in [-0.4, -0.2) is 39.3 Å². The van der Waals surface area contributed by atoms with Gasteiger partial charge in [-0.1, -0.05) is 25.4 Å². The summed E-state index contributed by atoms with van der Waals surface area (Å²) in [5.41, 5.74) is 1.90. The second kappa shape index (κ2) is 12.0. The number of anilines is 2. The van der Waals surface area contributed by atoms with E-state index in [0.29, 0.717) is 18.0 Å². The number of ketones is 1. The summed E-state index contributed by atoms with van der Waals surface area (Å²) in [6.45, 7) is 10.5. The second-order valence-electron chi connectivity index (χ2n) is 7.08. The quantitative estimate of drug-likeness (QED) is 0.201. The van der Waals surface area contributed by atoms with Gasteiger partial charge < -0.3 is 10.1 Å². The van der Waals surface area contributed by atoms with Crippen LogP contribution in [0, 0.1) is 22.9 Å². The number of hydrogen-bond donors (Lipinski definition) is 1. The van der Waals surface area contributed by atoms with Gasteiger partial charge in [-0.2, -0.15) is 0 Å². The lowest BCUT2D eigenvalue weighted by Gasteiger charge is -2.17. The largest absolute Gasteiger partial charge is 0.466 e. The van der Waals surface area contributed by atoms with Crippen molar-refractivity contribution in [3.8, 4) is 0 Å². The number of rotatable bonds is 7. The van der Waals surface area contributed by atoms with E-state index in [1.807, 2.05) is 20.8 Å². The lowest BCUT2D eigenvalue weighted by Crippen LogP contribution is -2.27. The number of carbonyl (C=O) groups is 2. The normalized spacial score (nSPS) is 11.3. The molecule has 11 heteroatoms. The molecule has 0 aliphatic heterocycles. The Morgan fingerprint density at radius 1 is 1.34 bits per heavy atom. The van der Waals surface area contributed by atoms with Gasteiger partial charge in [0.25, 0.3) is 6.04 Å². The first-order chi connectivity index (χ1) is 14.9. The number of nitrogens with one attached hydrogen (secondary N) is 1. The van der Waals surface area contributed by atoms with Crippen LogP contribution in [0.5, 0.6) is 0 Å². The minimum atomic E-state index is -1.54. The monoisotopic (exact) mass is 468 g/mol. The maximum Gasteiger partial charge on any atom is 0.302 e. The molecule has 0 aliphatic rings. The van der Waals surface area contributed by atoms with Gasteiger partial charge in [-0.15, -0.1) is 0 Å². The third kappa shape index (κ3) is 7.23. The molecule has 0 spiro atoms. The molecule has 2 heterocycles. The van der Waals surface area contributed by atoms with Gasteiger partial charge in [0.15, 0.2) is 11.0 Å². The molecular weight excluding hydrogens is 443 g/mol. The molecule has 0 amide bonds. The van der Waals surface area contributed by atoms with E-state index in [9.17, 15) is 24.1 Å². The summed E-state index contributed by atoms with van der Waals surface area (Å²) in [6, 6.07) is 1.08. The van der Waals surface area contributed by atoms with Gasteiger partial charge in [-0.25, -0.2) is 9.37 Å². The number of pyridine rings is 2. The number of aryl methyl sites for hydroxylation is 1. The van der Waals surface area contributed by atoms with Gasteiger partial charge >= 0.3 is 5.97 Å². The molecule has 1 unspecified atom stereocenters. The lowest BCUT2D eigenvalue weighted by molar-refractivity contribution is -0.500. The van der Waals surface area contributed by atoms with Crippen LogP contribution in [-0.2, 0) is 9.53 Å². The van der Waals surface area contributed by atoms with Crippen molar-refractivity contribution in [2.75, 3.05) is 11.9 Å². The van der Waals surface area contributed by atoms with Crippen molar-refractivity contribution >= 4 is 34.9 Å². The minimum absolute atomic E-state index is 0.0481. The summed E-state index contributed by atoms with van der Waals surface area (Å²) in [5.74, 6) is -1.99. The number of carbonyl (C=O) groups excluding carboxylic acids is 2. The molecule has 0 bridgehead atoms. The number of nitro groups is 1. The number of halogens is 2. The van der Waals surface area contributed by atoms with Crippen LogP contribution >= 0.6 is 11.6 Å². The summed E-state index contributed by atoms with van der Waals surface area (Å²) >= 11 is 5.75. The Morgan fingerprint density at radius 2 is 1.97 bits per heavy atom. The smallest absolute Gasteiger partial charge is 0.302 e. The van der Waals surface area contributed by atoms with E-state index in [2.05, 4.69) is 20.0 Å². The van der Waals surface area contributed by atoms with Crippen molar-refractivity contribution in [2.45, 2.75) is 53.5 Å². The minimum Gasteiger partial charge on any atom is -0.466 e. The van der Waals surface area contributed by atoms with E-state index in [1.165, 1.54) is 6.92 Å². The van der Waals surface area contributed by atoms with Crippen LogP contribution in [0.4, 0.5) is 15.9 Å². The van der Waals surface area contributed by atoms with E-state index in [1.54, 1.807) is 19.2 Å². The maximum atomic E-state index is 13.9. The molecule has 1 N–H and O–H groups in total.